The molecule has 1 aliphatic rings. The van der Waals surface area contributed by atoms with Crippen LogP contribution in [0.4, 0.5) is 0 Å². The van der Waals surface area contributed by atoms with Gasteiger partial charge in [-0.15, -0.1) is 10.2 Å². The maximum absolute atomic E-state index is 12.9. The fraction of sp³-hybridized carbons (Fsp3) is 0.435. The topological polar surface area (TPSA) is 86.3 Å². The average Bonchev–Trinajstić information content (AvgIpc) is 3.35. The van der Waals surface area contributed by atoms with Crippen LogP contribution < -0.4 is 10.6 Å². The second kappa shape index (κ2) is 9.95. The normalized spacial score (nSPS) is 13.5. The molecule has 0 saturated heterocycles. The summed E-state index contributed by atoms with van der Waals surface area (Å²) in [4.78, 5) is 14.8. The summed E-state index contributed by atoms with van der Waals surface area (Å²) in [6.07, 6.45) is 2.15. The Labute approximate surface area is 196 Å². The van der Waals surface area contributed by atoms with Gasteiger partial charge in [-0.3, -0.25) is 4.79 Å². The predicted molar refractivity (Wildman–Crippen MR) is 128 cm³/mol. The number of ether oxygens (including phenoxy) is 1. The van der Waals surface area contributed by atoms with E-state index >= 15 is 0 Å². The van der Waals surface area contributed by atoms with Crippen LogP contribution in [0.2, 0.25) is 0 Å². The van der Waals surface area contributed by atoms with Crippen molar-refractivity contribution in [1.82, 2.24) is 19.8 Å². The number of benzene rings is 1. The van der Waals surface area contributed by atoms with Crippen molar-refractivity contribution in [1.29, 1.82) is 0 Å². The van der Waals surface area contributed by atoms with Gasteiger partial charge < -0.3 is 15.5 Å². The molecule has 0 spiro atoms. The van der Waals surface area contributed by atoms with E-state index in [1.165, 1.54) is 22.0 Å². The van der Waals surface area contributed by atoms with E-state index in [0.717, 1.165) is 29.7 Å². The minimum atomic E-state index is 0.103. The first-order valence-corrected chi connectivity index (χ1v) is 12.7. The van der Waals surface area contributed by atoms with E-state index in [1.807, 2.05) is 23.3 Å². The highest BCUT2D eigenvalue weighted by Gasteiger charge is 2.32. The standard InChI is InChI=1S/C23H29N5O2S2/c1-15(2)19-7-4-16(3)10-20(19)30-12-21-25-26-23(28(21)24)32-14-22(29)27(18-5-6-18)11-17-8-9-31-13-17/h4,7-10,13,15,18H,5-6,11-12,14,24H2,1-3H3. The Morgan fingerprint density at radius 3 is 2.84 bits per heavy atom. The fourth-order valence-corrected chi connectivity index (χ4v) is 4.91. The molecule has 0 radical (unpaired) electrons. The highest BCUT2D eigenvalue weighted by atomic mass is 32.2. The quantitative estimate of drug-likeness (QED) is 0.349. The van der Waals surface area contributed by atoms with Crippen molar-refractivity contribution < 1.29 is 9.53 Å². The van der Waals surface area contributed by atoms with Gasteiger partial charge in [0.1, 0.15) is 12.4 Å². The van der Waals surface area contributed by atoms with Crippen LogP contribution >= 0.6 is 23.1 Å². The summed E-state index contributed by atoms with van der Waals surface area (Å²) < 4.78 is 7.45. The third kappa shape index (κ3) is 5.45. The van der Waals surface area contributed by atoms with Crippen molar-refractivity contribution in [3.63, 3.8) is 0 Å². The maximum Gasteiger partial charge on any atom is 0.233 e. The number of hydrogen-bond acceptors (Lipinski definition) is 7. The van der Waals surface area contributed by atoms with E-state index in [4.69, 9.17) is 10.6 Å². The molecule has 1 saturated carbocycles. The zero-order valence-electron chi connectivity index (χ0n) is 18.7. The van der Waals surface area contributed by atoms with Crippen LogP contribution in [-0.2, 0) is 17.9 Å². The van der Waals surface area contributed by atoms with Gasteiger partial charge in [0.15, 0.2) is 5.82 Å². The van der Waals surface area contributed by atoms with Crippen molar-refractivity contribution >= 4 is 29.0 Å². The molecule has 0 bridgehead atoms. The molecule has 9 heteroatoms. The van der Waals surface area contributed by atoms with Crippen molar-refractivity contribution in [2.75, 3.05) is 11.6 Å². The van der Waals surface area contributed by atoms with Crippen LogP contribution in [0.15, 0.2) is 40.2 Å². The predicted octanol–water partition coefficient (Wildman–Crippen LogP) is 4.35. The second-order valence-corrected chi connectivity index (χ2v) is 10.1. The highest BCUT2D eigenvalue weighted by molar-refractivity contribution is 7.99. The molecule has 7 nitrogen and oxygen atoms in total. The van der Waals surface area contributed by atoms with Gasteiger partial charge in [0.25, 0.3) is 0 Å². The molecule has 32 heavy (non-hydrogen) atoms. The molecular formula is C23H29N5O2S2. The number of nitrogens with zero attached hydrogens (tertiary/aromatic N) is 4. The smallest absolute Gasteiger partial charge is 0.233 e. The van der Waals surface area contributed by atoms with E-state index in [-0.39, 0.29) is 18.3 Å². The first-order valence-electron chi connectivity index (χ1n) is 10.8. The van der Waals surface area contributed by atoms with Gasteiger partial charge in [-0.25, -0.2) is 4.68 Å². The van der Waals surface area contributed by atoms with E-state index < -0.39 is 0 Å². The van der Waals surface area contributed by atoms with Gasteiger partial charge in [0, 0.05) is 12.6 Å². The number of carbonyl (C=O) groups is 1. The van der Waals surface area contributed by atoms with Crippen LogP contribution in [0.1, 0.15) is 55.1 Å². The monoisotopic (exact) mass is 471 g/mol. The summed E-state index contributed by atoms with van der Waals surface area (Å²) in [6, 6.07) is 8.63. The Kier molecular flexibility index (Phi) is 7.05. The summed E-state index contributed by atoms with van der Waals surface area (Å²) in [5.41, 5.74) is 3.46. The fourth-order valence-electron chi connectivity index (χ4n) is 3.49. The summed E-state index contributed by atoms with van der Waals surface area (Å²) in [5.74, 6) is 8.30. The molecule has 2 heterocycles. The molecule has 4 rings (SSSR count). The lowest BCUT2D eigenvalue weighted by Gasteiger charge is -2.21. The minimum Gasteiger partial charge on any atom is -0.485 e. The van der Waals surface area contributed by atoms with Crippen LogP contribution in [-0.4, -0.2) is 37.5 Å². The van der Waals surface area contributed by atoms with Crippen LogP contribution in [0.5, 0.6) is 5.75 Å². The third-order valence-electron chi connectivity index (χ3n) is 5.45. The molecule has 1 aromatic carbocycles. The SMILES string of the molecule is Cc1ccc(C(C)C)c(OCc2nnc(SCC(=O)N(Cc3ccsc3)C3CC3)n2N)c1. The van der Waals surface area contributed by atoms with Gasteiger partial charge in [-0.05, 0) is 65.3 Å². The van der Waals surface area contributed by atoms with Gasteiger partial charge >= 0.3 is 0 Å². The molecule has 0 aliphatic heterocycles. The molecule has 1 amide bonds. The summed E-state index contributed by atoms with van der Waals surface area (Å²) in [5, 5.41) is 13.0. The molecule has 0 atom stereocenters. The first kappa shape index (κ1) is 22.7. The number of nitrogen functional groups attached to an aromatic ring is 1. The van der Waals surface area contributed by atoms with Crippen molar-refractivity contribution in [3.05, 3.63) is 57.5 Å². The molecule has 3 aromatic rings. The number of aromatic nitrogens is 3. The van der Waals surface area contributed by atoms with Gasteiger partial charge in [0.2, 0.25) is 11.1 Å². The number of thioether (sulfide) groups is 1. The van der Waals surface area contributed by atoms with E-state index in [0.29, 0.717) is 29.5 Å². The molecule has 0 unspecified atom stereocenters. The Morgan fingerprint density at radius 1 is 1.34 bits per heavy atom. The summed E-state index contributed by atoms with van der Waals surface area (Å²) in [6.45, 7) is 7.19. The molecule has 170 valence electrons. The van der Waals surface area contributed by atoms with Crippen molar-refractivity contribution in [2.24, 2.45) is 0 Å². The zero-order valence-corrected chi connectivity index (χ0v) is 20.3. The number of amides is 1. The highest BCUT2D eigenvalue weighted by Crippen LogP contribution is 2.30. The summed E-state index contributed by atoms with van der Waals surface area (Å²) >= 11 is 2.97. The average molecular weight is 472 g/mol. The Balaban J connectivity index is 1.36. The number of aryl methyl sites for hydroxylation is 1. The van der Waals surface area contributed by atoms with Crippen molar-refractivity contribution in [2.45, 2.75) is 63.9 Å². The van der Waals surface area contributed by atoms with E-state index in [2.05, 4.69) is 47.6 Å². The van der Waals surface area contributed by atoms with Crippen LogP contribution in [0.25, 0.3) is 0 Å². The lowest BCUT2D eigenvalue weighted by atomic mass is 10.0. The minimum absolute atomic E-state index is 0.103. The molecule has 2 N–H and O–H groups in total. The van der Waals surface area contributed by atoms with Crippen molar-refractivity contribution in [3.8, 4) is 5.75 Å². The molecule has 2 aromatic heterocycles. The lowest BCUT2D eigenvalue weighted by molar-refractivity contribution is -0.129. The number of carbonyl (C=O) groups excluding carboxylic acids is 1. The first-order chi connectivity index (χ1) is 15.4. The Morgan fingerprint density at radius 2 is 2.16 bits per heavy atom. The number of thiophene rings is 1. The maximum atomic E-state index is 12.9. The zero-order chi connectivity index (χ0) is 22.7. The number of rotatable bonds is 10. The van der Waals surface area contributed by atoms with Gasteiger partial charge in [0.05, 0.1) is 5.75 Å². The second-order valence-electron chi connectivity index (χ2n) is 8.43. The van der Waals surface area contributed by atoms with E-state index in [1.54, 1.807) is 11.3 Å². The Hall–Kier alpha value is -2.52. The Bertz CT molecular complexity index is 1060. The molecule has 1 aliphatic carbocycles. The number of nitrogens with two attached hydrogens (primary N) is 1. The van der Waals surface area contributed by atoms with Gasteiger partial charge in [-0.1, -0.05) is 37.7 Å². The summed E-state index contributed by atoms with van der Waals surface area (Å²) in [7, 11) is 0. The molecular weight excluding hydrogens is 442 g/mol. The van der Waals surface area contributed by atoms with Crippen LogP contribution in [0.3, 0.4) is 0 Å². The van der Waals surface area contributed by atoms with Gasteiger partial charge in [-0.2, -0.15) is 11.3 Å². The van der Waals surface area contributed by atoms with E-state index in [9.17, 15) is 4.79 Å². The molecule has 1 fully saturated rings. The number of hydrogen-bond donors (Lipinski definition) is 1. The largest absolute Gasteiger partial charge is 0.485 e. The lowest BCUT2D eigenvalue weighted by Crippen LogP contribution is -2.34. The van der Waals surface area contributed by atoms with Crippen LogP contribution in [0, 0.1) is 6.92 Å². The third-order valence-corrected chi connectivity index (χ3v) is 7.11.